The maximum Gasteiger partial charge on any atom is 0.122 e. The molecular weight excluding hydrogens is 226 g/mol. The lowest BCUT2D eigenvalue weighted by Gasteiger charge is -2.23. The van der Waals surface area contributed by atoms with Gasteiger partial charge in [0.05, 0.1) is 13.2 Å². The molecule has 1 aromatic carbocycles. The number of ether oxygens (including phenoxy) is 1. The van der Waals surface area contributed by atoms with E-state index in [0.717, 1.165) is 18.7 Å². The summed E-state index contributed by atoms with van der Waals surface area (Å²) in [6.07, 6.45) is 0.955. The van der Waals surface area contributed by atoms with Gasteiger partial charge in [0.2, 0.25) is 0 Å². The van der Waals surface area contributed by atoms with Crippen molar-refractivity contribution in [2.45, 2.75) is 39.7 Å². The molecule has 0 heterocycles. The monoisotopic (exact) mass is 251 g/mol. The van der Waals surface area contributed by atoms with Crippen molar-refractivity contribution in [1.82, 2.24) is 5.32 Å². The van der Waals surface area contributed by atoms with E-state index < -0.39 is 0 Å². The van der Waals surface area contributed by atoms with Crippen LogP contribution in [0.15, 0.2) is 18.2 Å². The number of hydrogen-bond donors (Lipinski definition) is 2. The van der Waals surface area contributed by atoms with E-state index in [9.17, 15) is 0 Å². The van der Waals surface area contributed by atoms with Crippen LogP contribution in [-0.4, -0.2) is 30.4 Å². The molecular formula is C15H25NO2. The molecule has 0 aliphatic rings. The Morgan fingerprint density at radius 3 is 2.61 bits per heavy atom. The number of aliphatic hydroxyl groups is 1. The maximum absolute atomic E-state index is 9.15. The quantitative estimate of drug-likeness (QED) is 0.781. The molecule has 18 heavy (non-hydrogen) atoms. The zero-order valence-electron chi connectivity index (χ0n) is 11.9. The van der Waals surface area contributed by atoms with E-state index in [0.29, 0.717) is 6.61 Å². The number of rotatable bonds is 7. The molecule has 0 radical (unpaired) electrons. The molecule has 0 bridgehead atoms. The fraction of sp³-hybridized carbons (Fsp3) is 0.600. The van der Waals surface area contributed by atoms with Crippen LogP contribution in [-0.2, 0) is 6.42 Å². The van der Waals surface area contributed by atoms with Crippen LogP contribution < -0.4 is 10.1 Å². The van der Waals surface area contributed by atoms with Gasteiger partial charge in [0.1, 0.15) is 5.75 Å². The second-order valence-electron chi connectivity index (χ2n) is 5.25. The zero-order valence-corrected chi connectivity index (χ0v) is 11.9. The minimum absolute atomic E-state index is 0.148. The summed E-state index contributed by atoms with van der Waals surface area (Å²) in [5.41, 5.74) is 2.26. The van der Waals surface area contributed by atoms with E-state index in [-0.39, 0.29) is 12.1 Å². The Hall–Kier alpha value is -1.06. The summed E-state index contributed by atoms with van der Waals surface area (Å²) in [5, 5.41) is 12.5. The Morgan fingerprint density at radius 1 is 1.33 bits per heavy atom. The van der Waals surface area contributed by atoms with E-state index in [1.54, 1.807) is 0 Å². The van der Waals surface area contributed by atoms with E-state index in [1.807, 2.05) is 26.8 Å². The lowest BCUT2D eigenvalue weighted by molar-refractivity contribution is 0.189. The topological polar surface area (TPSA) is 41.5 Å². The third kappa shape index (κ3) is 4.67. The molecule has 0 spiro atoms. The van der Waals surface area contributed by atoms with Crippen LogP contribution in [0.25, 0.3) is 0 Å². The lowest BCUT2D eigenvalue weighted by Crippen LogP contribution is -2.43. The van der Waals surface area contributed by atoms with Crippen molar-refractivity contribution < 1.29 is 9.84 Å². The van der Waals surface area contributed by atoms with Crippen LogP contribution in [0.4, 0.5) is 0 Å². The number of aryl methyl sites for hydroxylation is 1. The summed E-state index contributed by atoms with van der Waals surface area (Å²) >= 11 is 0. The molecule has 0 amide bonds. The molecule has 3 nitrogen and oxygen atoms in total. The Bertz CT molecular complexity index is 375. The first-order valence-electron chi connectivity index (χ1n) is 6.56. The van der Waals surface area contributed by atoms with Gasteiger partial charge in [0, 0.05) is 5.54 Å². The fourth-order valence-electron chi connectivity index (χ4n) is 1.79. The average molecular weight is 251 g/mol. The zero-order chi connectivity index (χ0) is 13.6. The van der Waals surface area contributed by atoms with Crippen molar-refractivity contribution in [3.8, 4) is 5.75 Å². The molecule has 1 aromatic rings. The van der Waals surface area contributed by atoms with E-state index in [4.69, 9.17) is 9.84 Å². The van der Waals surface area contributed by atoms with Crippen molar-refractivity contribution in [2.75, 3.05) is 19.8 Å². The second-order valence-corrected chi connectivity index (χ2v) is 5.25. The lowest BCUT2D eigenvalue weighted by atomic mass is 10.1. The molecule has 102 valence electrons. The first-order chi connectivity index (χ1) is 8.48. The number of nitrogens with one attached hydrogen (secondary N) is 1. The first-order valence-corrected chi connectivity index (χ1v) is 6.56. The van der Waals surface area contributed by atoms with Crippen LogP contribution in [0.5, 0.6) is 5.75 Å². The van der Waals surface area contributed by atoms with Gasteiger partial charge in [-0.2, -0.15) is 0 Å². The molecule has 0 unspecified atom stereocenters. The molecule has 0 aliphatic heterocycles. The Balaban J connectivity index is 2.51. The standard InChI is InChI=1S/C15H25NO2/c1-5-18-14-7-6-13(10-12(14)2)8-9-16-15(3,4)11-17/h6-7,10,16-17H,5,8-9,11H2,1-4H3. The highest BCUT2D eigenvalue weighted by Crippen LogP contribution is 2.19. The van der Waals surface area contributed by atoms with Crippen LogP contribution >= 0.6 is 0 Å². The van der Waals surface area contributed by atoms with Gasteiger partial charge in [-0.15, -0.1) is 0 Å². The van der Waals surface area contributed by atoms with Gasteiger partial charge in [0.25, 0.3) is 0 Å². The molecule has 2 N–H and O–H groups in total. The van der Waals surface area contributed by atoms with E-state index >= 15 is 0 Å². The van der Waals surface area contributed by atoms with Gasteiger partial charge in [-0.1, -0.05) is 12.1 Å². The van der Waals surface area contributed by atoms with Crippen molar-refractivity contribution in [1.29, 1.82) is 0 Å². The molecule has 0 fully saturated rings. The number of hydrogen-bond acceptors (Lipinski definition) is 3. The molecule has 0 saturated carbocycles. The Labute approximate surface area is 110 Å². The summed E-state index contributed by atoms with van der Waals surface area (Å²) in [4.78, 5) is 0. The van der Waals surface area contributed by atoms with Gasteiger partial charge in [-0.3, -0.25) is 0 Å². The van der Waals surface area contributed by atoms with Crippen molar-refractivity contribution in [3.05, 3.63) is 29.3 Å². The van der Waals surface area contributed by atoms with Gasteiger partial charge >= 0.3 is 0 Å². The average Bonchev–Trinajstić information content (AvgIpc) is 2.32. The SMILES string of the molecule is CCOc1ccc(CCNC(C)(C)CO)cc1C. The largest absolute Gasteiger partial charge is 0.494 e. The summed E-state index contributed by atoms with van der Waals surface area (Å²) in [6, 6.07) is 6.30. The van der Waals surface area contributed by atoms with Gasteiger partial charge < -0.3 is 15.2 Å². The minimum Gasteiger partial charge on any atom is -0.494 e. The summed E-state index contributed by atoms with van der Waals surface area (Å²) in [7, 11) is 0. The third-order valence-corrected chi connectivity index (χ3v) is 2.95. The predicted molar refractivity (Wildman–Crippen MR) is 75.2 cm³/mol. The third-order valence-electron chi connectivity index (χ3n) is 2.95. The van der Waals surface area contributed by atoms with Crippen molar-refractivity contribution in [2.24, 2.45) is 0 Å². The van der Waals surface area contributed by atoms with Crippen LogP contribution in [0, 0.1) is 6.92 Å². The summed E-state index contributed by atoms with van der Waals surface area (Å²) < 4.78 is 5.52. The number of aliphatic hydroxyl groups excluding tert-OH is 1. The van der Waals surface area contributed by atoms with Gasteiger partial charge in [-0.05, 0) is 57.9 Å². The molecule has 1 rings (SSSR count). The van der Waals surface area contributed by atoms with Gasteiger partial charge in [0.15, 0.2) is 0 Å². The molecule has 0 aromatic heterocycles. The highest BCUT2D eigenvalue weighted by Gasteiger charge is 2.14. The fourth-order valence-corrected chi connectivity index (χ4v) is 1.79. The first kappa shape index (κ1) is 15.0. The smallest absolute Gasteiger partial charge is 0.122 e. The Kier molecular flexibility index (Phi) is 5.63. The Morgan fingerprint density at radius 2 is 2.06 bits per heavy atom. The normalized spacial score (nSPS) is 11.6. The molecule has 0 aliphatic carbocycles. The van der Waals surface area contributed by atoms with Crippen molar-refractivity contribution >= 4 is 0 Å². The minimum atomic E-state index is -0.208. The van der Waals surface area contributed by atoms with E-state index in [2.05, 4.69) is 24.4 Å². The van der Waals surface area contributed by atoms with Crippen LogP contribution in [0.3, 0.4) is 0 Å². The second kappa shape index (κ2) is 6.76. The molecule has 0 saturated heterocycles. The van der Waals surface area contributed by atoms with Crippen molar-refractivity contribution in [3.63, 3.8) is 0 Å². The molecule has 3 heteroatoms. The van der Waals surface area contributed by atoms with E-state index in [1.165, 1.54) is 11.1 Å². The van der Waals surface area contributed by atoms with Crippen LogP contribution in [0.2, 0.25) is 0 Å². The molecule has 0 atom stereocenters. The highest BCUT2D eigenvalue weighted by molar-refractivity contribution is 5.36. The summed E-state index contributed by atoms with van der Waals surface area (Å²) in [5.74, 6) is 0.963. The maximum atomic E-state index is 9.15. The number of benzene rings is 1. The highest BCUT2D eigenvalue weighted by atomic mass is 16.5. The summed E-state index contributed by atoms with van der Waals surface area (Å²) in [6.45, 7) is 9.77. The van der Waals surface area contributed by atoms with Crippen LogP contribution in [0.1, 0.15) is 31.9 Å². The van der Waals surface area contributed by atoms with Gasteiger partial charge in [-0.25, -0.2) is 0 Å². The predicted octanol–water partition coefficient (Wildman–Crippen LogP) is 2.30.